The normalized spacial score (nSPS) is 12.0. The van der Waals surface area contributed by atoms with Crippen molar-refractivity contribution in [2.45, 2.75) is 12.6 Å². The van der Waals surface area contributed by atoms with Gasteiger partial charge in [-0.2, -0.15) is 0 Å². The van der Waals surface area contributed by atoms with E-state index in [9.17, 15) is 4.79 Å². The van der Waals surface area contributed by atoms with Crippen LogP contribution in [0.3, 0.4) is 0 Å². The van der Waals surface area contributed by atoms with Crippen LogP contribution in [-0.4, -0.2) is 39.9 Å². The van der Waals surface area contributed by atoms with Gasteiger partial charge in [0.25, 0.3) is 5.91 Å². The molecule has 0 radical (unpaired) electrons. The zero-order valence-electron chi connectivity index (χ0n) is 14.8. The topological polar surface area (TPSA) is 71.0 Å². The van der Waals surface area contributed by atoms with Crippen molar-refractivity contribution in [3.8, 4) is 0 Å². The molecule has 132 valence electrons. The number of benzene rings is 1. The van der Waals surface area contributed by atoms with Crippen LogP contribution in [-0.2, 0) is 6.54 Å². The maximum absolute atomic E-state index is 12.6. The average Bonchev–Trinajstić information content (AvgIpc) is 2.67. The van der Waals surface area contributed by atoms with Gasteiger partial charge in [0.05, 0.1) is 12.2 Å². The Morgan fingerprint density at radius 3 is 2.27 bits per heavy atom. The minimum atomic E-state index is -0.291. The third-order valence-electron chi connectivity index (χ3n) is 3.92. The lowest BCUT2D eigenvalue weighted by molar-refractivity contribution is 0.0937. The standard InChI is InChI=1S/C20H21N5O/c1-25(2)14-15-3-5-16(6-4-15)19(17-7-9-21-10-8-17)24-20(26)18-13-22-11-12-23-18/h3-13,19H,14H2,1-2H3,(H,24,26). The molecular weight excluding hydrogens is 326 g/mol. The first-order valence-corrected chi connectivity index (χ1v) is 8.34. The molecule has 3 rings (SSSR count). The Balaban J connectivity index is 1.88. The molecule has 3 aromatic rings. The van der Waals surface area contributed by atoms with E-state index >= 15 is 0 Å². The van der Waals surface area contributed by atoms with Gasteiger partial charge in [0.2, 0.25) is 0 Å². The van der Waals surface area contributed by atoms with Crippen molar-refractivity contribution in [1.82, 2.24) is 25.2 Å². The Hall–Kier alpha value is -3.12. The summed E-state index contributed by atoms with van der Waals surface area (Å²) >= 11 is 0. The SMILES string of the molecule is CN(C)Cc1ccc(C(NC(=O)c2cnccn2)c2ccncc2)cc1. The second-order valence-corrected chi connectivity index (χ2v) is 6.26. The van der Waals surface area contributed by atoms with Crippen LogP contribution in [0.4, 0.5) is 0 Å². The number of pyridine rings is 1. The molecule has 0 aliphatic rings. The minimum absolute atomic E-state index is 0.266. The zero-order chi connectivity index (χ0) is 18.4. The van der Waals surface area contributed by atoms with Crippen LogP contribution in [0.1, 0.15) is 33.2 Å². The second-order valence-electron chi connectivity index (χ2n) is 6.26. The van der Waals surface area contributed by atoms with Crippen LogP contribution < -0.4 is 5.32 Å². The summed E-state index contributed by atoms with van der Waals surface area (Å²) in [6.07, 6.45) is 7.95. The minimum Gasteiger partial charge on any atom is -0.340 e. The van der Waals surface area contributed by atoms with Crippen molar-refractivity contribution >= 4 is 5.91 Å². The summed E-state index contributed by atoms with van der Waals surface area (Å²) < 4.78 is 0. The van der Waals surface area contributed by atoms with E-state index in [1.165, 1.54) is 18.0 Å². The van der Waals surface area contributed by atoms with Gasteiger partial charge in [-0.25, -0.2) is 4.98 Å². The van der Waals surface area contributed by atoms with Crippen molar-refractivity contribution in [3.63, 3.8) is 0 Å². The van der Waals surface area contributed by atoms with Gasteiger partial charge < -0.3 is 10.2 Å². The fraction of sp³-hybridized carbons (Fsp3) is 0.200. The Morgan fingerprint density at radius 2 is 1.65 bits per heavy atom. The highest BCUT2D eigenvalue weighted by atomic mass is 16.1. The van der Waals surface area contributed by atoms with E-state index < -0.39 is 0 Å². The van der Waals surface area contributed by atoms with E-state index in [4.69, 9.17) is 0 Å². The predicted octanol–water partition coefficient (Wildman–Crippen LogP) is 2.45. The van der Waals surface area contributed by atoms with Crippen LogP contribution in [0, 0.1) is 0 Å². The van der Waals surface area contributed by atoms with E-state index in [-0.39, 0.29) is 17.6 Å². The molecule has 1 atom stereocenters. The predicted molar refractivity (Wildman–Crippen MR) is 99.4 cm³/mol. The molecule has 26 heavy (non-hydrogen) atoms. The summed E-state index contributed by atoms with van der Waals surface area (Å²) in [4.78, 5) is 26.8. The lowest BCUT2D eigenvalue weighted by Gasteiger charge is -2.20. The van der Waals surface area contributed by atoms with Gasteiger partial charge in [0, 0.05) is 31.3 Å². The number of nitrogens with zero attached hydrogens (tertiary/aromatic N) is 4. The Labute approximate surface area is 153 Å². The lowest BCUT2D eigenvalue weighted by atomic mass is 9.98. The number of amides is 1. The maximum atomic E-state index is 12.6. The van der Waals surface area contributed by atoms with Crippen molar-refractivity contribution in [3.05, 3.63) is 89.8 Å². The fourth-order valence-corrected chi connectivity index (χ4v) is 2.72. The number of nitrogens with one attached hydrogen (secondary N) is 1. The molecular formula is C20H21N5O. The number of aromatic nitrogens is 3. The molecule has 2 aromatic heterocycles. The highest BCUT2D eigenvalue weighted by molar-refractivity contribution is 5.92. The van der Waals surface area contributed by atoms with Gasteiger partial charge >= 0.3 is 0 Å². The highest BCUT2D eigenvalue weighted by Crippen LogP contribution is 2.22. The van der Waals surface area contributed by atoms with Crippen molar-refractivity contribution in [2.24, 2.45) is 0 Å². The van der Waals surface area contributed by atoms with E-state index in [0.29, 0.717) is 0 Å². The number of hydrogen-bond acceptors (Lipinski definition) is 5. The van der Waals surface area contributed by atoms with Crippen molar-refractivity contribution < 1.29 is 4.79 Å². The molecule has 2 heterocycles. The first-order valence-electron chi connectivity index (χ1n) is 8.34. The average molecular weight is 347 g/mol. The number of carbonyl (C=O) groups excluding carboxylic acids is 1. The molecule has 6 nitrogen and oxygen atoms in total. The monoisotopic (exact) mass is 347 g/mol. The van der Waals surface area contributed by atoms with E-state index in [2.05, 4.69) is 37.3 Å². The zero-order valence-corrected chi connectivity index (χ0v) is 14.8. The number of carbonyl (C=O) groups is 1. The molecule has 0 saturated heterocycles. The molecule has 1 N–H and O–H groups in total. The molecule has 0 bridgehead atoms. The van der Waals surface area contributed by atoms with Gasteiger partial charge in [-0.05, 0) is 42.9 Å². The third-order valence-corrected chi connectivity index (χ3v) is 3.92. The third kappa shape index (κ3) is 4.49. The summed E-state index contributed by atoms with van der Waals surface area (Å²) in [6.45, 7) is 0.867. The Bertz CT molecular complexity index is 835. The first kappa shape index (κ1) is 17.7. The molecule has 0 fully saturated rings. The van der Waals surface area contributed by atoms with E-state index in [1.807, 2.05) is 38.4 Å². The van der Waals surface area contributed by atoms with Crippen LogP contribution in [0.25, 0.3) is 0 Å². The van der Waals surface area contributed by atoms with Crippen LogP contribution in [0.15, 0.2) is 67.4 Å². The highest BCUT2D eigenvalue weighted by Gasteiger charge is 2.18. The van der Waals surface area contributed by atoms with Crippen LogP contribution in [0.2, 0.25) is 0 Å². The van der Waals surface area contributed by atoms with E-state index in [1.54, 1.807) is 18.6 Å². The molecule has 0 spiro atoms. The van der Waals surface area contributed by atoms with Crippen LogP contribution in [0.5, 0.6) is 0 Å². The van der Waals surface area contributed by atoms with Crippen LogP contribution >= 0.6 is 0 Å². The largest absolute Gasteiger partial charge is 0.340 e. The van der Waals surface area contributed by atoms with Gasteiger partial charge in [-0.3, -0.25) is 14.8 Å². The number of rotatable bonds is 6. The summed E-state index contributed by atoms with van der Waals surface area (Å²) in [5, 5.41) is 3.05. The quantitative estimate of drug-likeness (QED) is 0.742. The molecule has 0 aliphatic heterocycles. The second kappa shape index (κ2) is 8.31. The molecule has 0 aliphatic carbocycles. The van der Waals surface area contributed by atoms with Crippen molar-refractivity contribution in [2.75, 3.05) is 14.1 Å². The van der Waals surface area contributed by atoms with Gasteiger partial charge in [0.1, 0.15) is 5.69 Å². The lowest BCUT2D eigenvalue weighted by Crippen LogP contribution is -2.30. The summed E-state index contributed by atoms with van der Waals surface area (Å²) in [6, 6.07) is 11.8. The number of hydrogen-bond donors (Lipinski definition) is 1. The van der Waals surface area contributed by atoms with Gasteiger partial charge in [-0.1, -0.05) is 24.3 Å². The maximum Gasteiger partial charge on any atom is 0.272 e. The van der Waals surface area contributed by atoms with E-state index in [0.717, 1.165) is 17.7 Å². The van der Waals surface area contributed by atoms with Gasteiger partial charge in [-0.15, -0.1) is 0 Å². The molecule has 6 heteroatoms. The Morgan fingerprint density at radius 1 is 0.962 bits per heavy atom. The van der Waals surface area contributed by atoms with Gasteiger partial charge in [0.15, 0.2) is 0 Å². The molecule has 1 amide bonds. The first-order chi connectivity index (χ1) is 12.6. The summed E-state index contributed by atoms with van der Waals surface area (Å²) in [7, 11) is 4.07. The van der Waals surface area contributed by atoms with Crippen molar-refractivity contribution in [1.29, 1.82) is 0 Å². The molecule has 1 aromatic carbocycles. The fourth-order valence-electron chi connectivity index (χ4n) is 2.72. The Kier molecular flexibility index (Phi) is 5.66. The summed E-state index contributed by atoms with van der Waals surface area (Å²) in [5.41, 5.74) is 3.46. The summed E-state index contributed by atoms with van der Waals surface area (Å²) in [5.74, 6) is -0.266. The smallest absolute Gasteiger partial charge is 0.272 e. The molecule has 0 saturated carbocycles. The molecule has 1 unspecified atom stereocenters.